The van der Waals surface area contributed by atoms with E-state index in [2.05, 4.69) is 34.5 Å². The van der Waals surface area contributed by atoms with Gasteiger partial charge in [0.1, 0.15) is 5.82 Å². The van der Waals surface area contributed by atoms with Crippen molar-refractivity contribution in [1.29, 1.82) is 0 Å². The number of aromatic nitrogens is 1. The van der Waals surface area contributed by atoms with Crippen molar-refractivity contribution in [3.8, 4) is 0 Å². The highest BCUT2D eigenvalue weighted by atomic mass is 16.1. The highest BCUT2D eigenvalue weighted by Gasteiger charge is 2.20. The molecule has 0 spiro atoms. The number of pyridine rings is 1. The first kappa shape index (κ1) is 14.8. The average molecular weight is 276 g/mol. The fourth-order valence-electron chi connectivity index (χ4n) is 2.50. The molecule has 110 valence electrons. The Balaban J connectivity index is 1.91. The molecule has 0 aromatic carbocycles. The van der Waals surface area contributed by atoms with Gasteiger partial charge in [0.05, 0.1) is 5.56 Å². The second kappa shape index (κ2) is 7.24. The predicted molar refractivity (Wildman–Crippen MR) is 81.0 cm³/mol. The van der Waals surface area contributed by atoms with Crippen LogP contribution in [0.15, 0.2) is 18.3 Å². The molecule has 0 saturated carbocycles. The Labute approximate surface area is 120 Å². The van der Waals surface area contributed by atoms with Gasteiger partial charge in [-0.3, -0.25) is 4.79 Å². The summed E-state index contributed by atoms with van der Waals surface area (Å²) in [6, 6.07) is 3.62. The van der Waals surface area contributed by atoms with Crippen molar-refractivity contribution in [1.82, 2.24) is 15.2 Å². The topological polar surface area (TPSA) is 57.3 Å². The summed E-state index contributed by atoms with van der Waals surface area (Å²) in [5.74, 6) is 1.20. The van der Waals surface area contributed by atoms with Gasteiger partial charge in [0, 0.05) is 25.8 Å². The van der Waals surface area contributed by atoms with Crippen LogP contribution in [0.3, 0.4) is 0 Å². The van der Waals surface area contributed by atoms with Gasteiger partial charge < -0.3 is 15.5 Å². The van der Waals surface area contributed by atoms with Crippen molar-refractivity contribution < 1.29 is 4.79 Å². The van der Waals surface area contributed by atoms with Gasteiger partial charge in [-0.2, -0.15) is 0 Å². The molecule has 20 heavy (non-hydrogen) atoms. The molecule has 0 aliphatic carbocycles. The lowest BCUT2D eigenvalue weighted by Crippen LogP contribution is -2.31. The molecule has 2 rings (SSSR count). The minimum absolute atomic E-state index is 0.0359. The third kappa shape index (κ3) is 3.93. The van der Waals surface area contributed by atoms with E-state index in [0.717, 1.165) is 39.0 Å². The van der Waals surface area contributed by atoms with Crippen LogP contribution in [0, 0.1) is 5.92 Å². The molecule has 1 unspecified atom stereocenters. The number of likely N-dealkylation sites (tertiary alicyclic amines) is 1. The highest BCUT2D eigenvalue weighted by Crippen LogP contribution is 2.14. The van der Waals surface area contributed by atoms with Crippen LogP contribution in [0.25, 0.3) is 0 Å². The number of nitrogens with zero attached hydrogens (tertiary/aromatic N) is 2. The SMILES string of the molecule is CCCNc1ncccc1C(=O)NCC1CCN(C)C1. The molecule has 0 radical (unpaired) electrons. The van der Waals surface area contributed by atoms with E-state index in [0.29, 0.717) is 17.3 Å². The molecular formula is C15H24N4O. The summed E-state index contributed by atoms with van der Waals surface area (Å²) in [7, 11) is 2.12. The zero-order chi connectivity index (χ0) is 14.4. The summed E-state index contributed by atoms with van der Waals surface area (Å²) in [4.78, 5) is 18.8. The lowest BCUT2D eigenvalue weighted by molar-refractivity contribution is 0.0948. The largest absolute Gasteiger partial charge is 0.369 e. The number of carbonyl (C=O) groups excluding carboxylic acids is 1. The van der Waals surface area contributed by atoms with Crippen LogP contribution in [-0.2, 0) is 0 Å². The maximum Gasteiger partial charge on any atom is 0.255 e. The Morgan fingerprint density at radius 3 is 3.10 bits per heavy atom. The van der Waals surface area contributed by atoms with E-state index in [1.807, 2.05) is 6.07 Å². The van der Waals surface area contributed by atoms with Crippen molar-refractivity contribution in [2.24, 2.45) is 5.92 Å². The van der Waals surface area contributed by atoms with E-state index in [1.54, 1.807) is 12.3 Å². The van der Waals surface area contributed by atoms with Gasteiger partial charge in [-0.15, -0.1) is 0 Å². The van der Waals surface area contributed by atoms with Gasteiger partial charge in [0.15, 0.2) is 0 Å². The summed E-state index contributed by atoms with van der Waals surface area (Å²) in [6.45, 7) is 5.84. The fraction of sp³-hybridized carbons (Fsp3) is 0.600. The van der Waals surface area contributed by atoms with E-state index < -0.39 is 0 Å². The molecule has 2 N–H and O–H groups in total. The Morgan fingerprint density at radius 2 is 2.40 bits per heavy atom. The molecular weight excluding hydrogens is 252 g/mol. The molecule has 1 fully saturated rings. The molecule has 0 bridgehead atoms. The molecule has 5 nitrogen and oxygen atoms in total. The number of rotatable bonds is 6. The second-order valence-corrected chi connectivity index (χ2v) is 5.45. The predicted octanol–water partition coefficient (Wildman–Crippen LogP) is 1.58. The molecule has 1 aliphatic rings. The molecule has 2 heterocycles. The van der Waals surface area contributed by atoms with Crippen LogP contribution in [0.5, 0.6) is 0 Å². The zero-order valence-corrected chi connectivity index (χ0v) is 12.4. The number of hydrogen-bond acceptors (Lipinski definition) is 4. The Bertz CT molecular complexity index is 449. The first-order valence-electron chi connectivity index (χ1n) is 7.36. The average Bonchev–Trinajstić information content (AvgIpc) is 2.88. The maximum atomic E-state index is 12.3. The lowest BCUT2D eigenvalue weighted by Gasteiger charge is -2.13. The number of carbonyl (C=O) groups is 1. The fourth-order valence-corrected chi connectivity index (χ4v) is 2.50. The zero-order valence-electron chi connectivity index (χ0n) is 12.4. The smallest absolute Gasteiger partial charge is 0.255 e. The van der Waals surface area contributed by atoms with E-state index in [1.165, 1.54) is 0 Å². The normalized spacial score (nSPS) is 19.0. The summed E-state index contributed by atoms with van der Waals surface area (Å²) in [5.41, 5.74) is 0.632. The standard InChI is InChI=1S/C15H24N4O/c1-3-7-16-14-13(5-4-8-17-14)15(20)18-10-12-6-9-19(2)11-12/h4-5,8,12H,3,6-7,9-11H2,1-2H3,(H,16,17)(H,18,20). The van der Waals surface area contributed by atoms with E-state index in [4.69, 9.17) is 0 Å². The van der Waals surface area contributed by atoms with Crippen molar-refractivity contribution in [3.63, 3.8) is 0 Å². The van der Waals surface area contributed by atoms with Crippen LogP contribution in [0.4, 0.5) is 5.82 Å². The van der Waals surface area contributed by atoms with Crippen LogP contribution in [0.2, 0.25) is 0 Å². The number of nitrogens with one attached hydrogen (secondary N) is 2. The van der Waals surface area contributed by atoms with Crippen LogP contribution in [0.1, 0.15) is 30.1 Å². The van der Waals surface area contributed by atoms with Gasteiger partial charge in [-0.1, -0.05) is 6.92 Å². The monoisotopic (exact) mass is 276 g/mol. The molecule has 1 aliphatic heterocycles. The molecule has 1 saturated heterocycles. The van der Waals surface area contributed by atoms with Gasteiger partial charge in [-0.25, -0.2) is 4.98 Å². The highest BCUT2D eigenvalue weighted by molar-refractivity contribution is 5.98. The summed E-state index contributed by atoms with van der Waals surface area (Å²) >= 11 is 0. The van der Waals surface area contributed by atoms with E-state index >= 15 is 0 Å². The van der Waals surface area contributed by atoms with Crippen LogP contribution >= 0.6 is 0 Å². The molecule has 1 aromatic heterocycles. The van der Waals surface area contributed by atoms with Crippen LogP contribution < -0.4 is 10.6 Å². The van der Waals surface area contributed by atoms with Crippen molar-refractivity contribution in [2.45, 2.75) is 19.8 Å². The van der Waals surface area contributed by atoms with Crippen molar-refractivity contribution in [2.75, 3.05) is 38.5 Å². The van der Waals surface area contributed by atoms with E-state index in [9.17, 15) is 4.79 Å². The lowest BCUT2D eigenvalue weighted by atomic mass is 10.1. The minimum atomic E-state index is -0.0359. The van der Waals surface area contributed by atoms with Crippen LogP contribution in [-0.4, -0.2) is 49.0 Å². The molecule has 1 amide bonds. The summed E-state index contributed by atoms with van der Waals surface area (Å²) in [6.07, 6.45) is 3.87. The third-order valence-corrected chi connectivity index (χ3v) is 3.64. The minimum Gasteiger partial charge on any atom is -0.369 e. The van der Waals surface area contributed by atoms with Gasteiger partial charge in [0.25, 0.3) is 5.91 Å². The summed E-state index contributed by atoms with van der Waals surface area (Å²) < 4.78 is 0. The second-order valence-electron chi connectivity index (χ2n) is 5.45. The van der Waals surface area contributed by atoms with E-state index in [-0.39, 0.29) is 5.91 Å². The number of hydrogen-bond donors (Lipinski definition) is 2. The van der Waals surface area contributed by atoms with Gasteiger partial charge >= 0.3 is 0 Å². The summed E-state index contributed by atoms with van der Waals surface area (Å²) in [5, 5.41) is 6.23. The Morgan fingerprint density at radius 1 is 1.55 bits per heavy atom. The number of anilines is 1. The first-order valence-corrected chi connectivity index (χ1v) is 7.36. The molecule has 5 heteroatoms. The van der Waals surface area contributed by atoms with Crippen molar-refractivity contribution >= 4 is 11.7 Å². The number of amides is 1. The van der Waals surface area contributed by atoms with Gasteiger partial charge in [-0.05, 0) is 44.5 Å². The Hall–Kier alpha value is -1.62. The maximum absolute atomic E-state index is 12.3. The first-order chi connectivity index (χ1) is 9.70. The van der Waals surface area contributed by atoms with Gasteiger partial charge in [0.2, 0.25) is 0 Å². The molecule has 1 atom stereocenters. The quantitative estimate of drug-likeness (QED) is 0.828. The third-order valence-electron chi connectivity index (χ3n) is 3.64. The Kier molecular flexibility index (Phi) is 5.35. The molecule has 1 aromatic rings. The van der Waals surface area contributed by atoms with Crippen molar-refractivity contribution in [3.05, 3.63) is 23.9 Å².